The van der Waals surface area contributed by atoms with E-state index in [1.165, 1.54) is 37.8 Å². The highest BCUT2D eigenvalue weighted by Crippen LogP contribution is 2.43. The summed E-state index contributed by atoms with van der Waals surface area (Å²) in [5, 5.41) is 10.2. The first kappa shape index (κ1) is 18.4. The molecule has 0 spiro atoms. The molecular formula is C20H32N4OS. The zero-order valence-corrected chi connectivity index (χ0v) is 16.7. The topological polar surface area (TPSA) is 57.3 Å². The maximum Gasteiger partial charge on any atom is 0.227 e. The summed E-state index contributed by atoms with van der Waals surface area (Å²) in [5.41, 5.74) is 1.09. The number of nitrogens with zero attached hydrogens (tertiary/aromatic N) is 2. The van der Waals surface area contributed by atoms with Gasteiger partial charge in [0, 0.05) is 25.0 Å². The van der Waals surface area contributed by atoms with Crippen LogP contribution in [0.15, 0.2) is 5.38 Å². The number of amides is 1. The molecule has 2 N–H and O–H groups in total. The van der Waals surface area contributed by atoms with E-state index in [0.29, 0.717) is 17.7 Å². The van der Waals surface area contributed by atoms with E-state index in [2.05, 4.69) is 32.8 Å². The van der Waals surface area contributed by atoms with Gasteiger partial charge in [-0.25, -0.2) is 4.98 Å². The molecule has 0 radical (unpaired) electrons. The van der Waals surface area contributed by atoms with Gasteiger partial charge in [0.05, 0.1) is 16.1 Å². The molecule has 2 aliphatic heterocycles. The largest absolute Gasteiger partial charge is 0.355 e. The summed E-state index contributed by atoms with van der Waals surface area (Å²) >= 11 is 1.73. The Bertz CT molecular complexity index is 625. The Balaban J connectivity index is 1.23. The van der Waals surface area contributed by atoms with Crippen molar-refractivity contribution < 1.29 is 4.79 Å². The molecule has 144 valence electrons. The van der Waals surface area contributed by atoms with Gasteiger partial charge in [0.1, 0.15) is 0 Å². The number of carbonyl (C=O) groups excluding carboxylic acids is 1. The van der Waals surface area contributed by atoms with E-state index in [9.17, 15) is 4.79 Å². The lowest BCUT2D eigenvalue weighted by molar-refractivity contribution is -0.134. The second-order valence-electron chi connectivity index (χ2n) is 8.52. The van der Waals surface area contributed by atoms with Gasteiger partial charge < -0.3 is 10.6 Å². The first-order chi connectivity index (χ1) is 12.7. The lowest BCUT2D eigenvalue weighted by Crippen LogP contribution is -2.49. The third-order valence-electron chi connectivity index (χ3n) is 6.80. The predicted molar refractivity (Wildman–Crippen MR) is 105 cm³/mol. The molecule has 2 atom stereocenters. The molecule has 4 rings (SSSR count). The second kappa shape index (κ2) is 7.95. The molecule has 2 saturated heterocycles. The van der Waals surface area contributed by atoms with Gasteiger partial charge in [-0.15, -0.1) is 11.3 Å². The number of rotatable bonds is 5. The standard InChI is InChI=1S/C20H32N4OS/c1-15-23-18(13-26-15)12-24-8-5-16(6-9-24)10-22-19(25)20-7-3-2-4-17(20)11-21-14-20/h13,16-17,21H,2-12,14H2,1H3,(H,22,25)/t17-,20+/m0/s1. The van der Waals surface area contributed by atoms with Crippen LogP contribution in [0.3, 0.4) is 0 Å². The molecule has 0 unspecified atom stereocenters. The minimum atomic E-state index is -0.110. The number of hydrogen-bond donors (Lipinski definition) is 2. The number of piperidine rings is 1. The zero-order valence-electron chi connectivity index (χ0n) is 15.9. The molecule has 1 aromatic rings. The summed E-state index contributed by atoms with van der Waals surface area (Å²) in [5.74, 6) is 1.51. The van der Waals surface area contributed by atoms with Crippen LogP contribution in [0.1, 0.15) is 49.2 Å². The number of fused-ring (bicyclic) bond motifs is 1. The molecule has 1 aromatic heterocycles. The SMILES string of the molecule is Cc1nc(CN2CCC(CNC(=O)[C@@]34CCCC[C@H]3CNC4)CC2)cs1. The molecule has 0 bridgehead atoms. The van der Waals surface area contributed by atoms with Crippen LogP contribution in [0.4, 0.5) is 0 Å². The van der Waals surface area contributed by atoms with Crippen molar-refractivity contribution in [2.24, 2.45) is 17.3 Å². The molecule has 1 aliphatic carbocycles. The number of aryl methyl sites for hydroxylation is 1. The highest BCUT2D eigenvalue weighted by molar-refractivity contribution is 7.09. The van der Waals surface area contributed by atoms with Crippen molar-refractivity contribution in [1.29, 1.82) is 0 Å². The van der Waals surface area contributed by atoms with Crippen molar-refractivity contribution >= 4 is 17.2 Å². The average Bonchev–Trinajstić information content (AvgIpc) is 3.27. The van der Waals surface area contributed by atoms with E-state index in [0.717, 1.165) is 50.7 Å². The Morgan fingerprint density at radius 2 is 2.23 bits per heavy atom. The number of hydrogen-bond acceptors (Lipinski definition) is 5. The minimum Gasteiger partial charge on any atom is -0.355 e. The summed E-state index contributed by atoms with van der Waals surface area (Å²) in [7, 11) is 0. The predicted octanol–water partition coefficient (Wildman–Crippen LogP) is 2.56. The van der Waals surface area contributed by atoms with Crippen LogP contribution in [-0.4, -0.2) is 48.5 Å². The van der Waals surface area contributed by atoms with Gasteiger partial charge in [-0.3, -0.25) is 9.69 Å². The van der Waals surface area contributed by atoms with Gasteiger partial charge in [-0.1, -0.05) is 12.8 Å². The van der Waals surface area contributed by atoms with E-state index >= 15 is 0 Å². The fourth-order valence-electron chi connectivity index (χ4n) is 5.16. The maximum absolute atomic E-state index is 13.0. The Morgan fingerprint density at radius 1 is 1.38 bits per heavy atom. The lowest BCUT2D eigenvalue weighted by atomic mass is 9.67. The number of aromatic nitrogens is 1. The summed E-state index contributed by atoms with van der Waals surface area (Å²) in [6, 6.07) is 0. The fraction of sp³-hybridized carbons (Fsp3) is 0.800. The number of likely N-dealkylation sites (tertiary alicyclic amines) is 1. The van der Waals surface area contributed by atoms with Crippen LogP contribution in [0.5, 0.6) is 0 Å². The van der Waals surface area contributed by atoms with Crippen LogP contribution >= 0.6 is 11.3 Å². The average molecular weight is 377 g/mol. The highest BCUT2D eigenvalue weighted by Gasteiger charge is 2.49. The van der Waals surface area contributed by atoms with Crippen LogP contribution in [-0.2, 0) is 11.3 Å². The van der Waals surface area contributed by atoms with Crippen LogP contribution < -0.4 is 10.6 Å². The van der Waals surface area contributed by atoms with Crippen molar-refractivity contribution in [2.45, 2.75) is 52.0 Å². The first-order valence-corrected chi connectivity index (χ1v) is 11.2. The molecule has 5 nitrogen and oxygen atoms in total. The molecule has 1 amide bonds. The highest BCUT2D eigenvalue weighted by atomic mass is 32.1. The molecule has 6 heteroatoms. The number of carbonyl (C=O) groups is 1. The Labute approximate surface area is 160 Å². The molecule has 3 aliphatic rings. The zero-order chi connectivity index (χ0) is 18.0. The van der Waals surface area contributed by atoms with Crippen LogP contribution in [0, 0.1) is 24.2 Å². The van der Waals surface area contributed by atoms with E-state index in [1.54, 1.807) is 11.3 Å². The van der Waals surface area contributed by atoms with Gasteiger partial charge in [0.25, 0.3) is 0 Å². The third kappa shape index (κ3) is 3.82. The number of thiazole rings is 1. The Hall–Kier alpha value is -0.980. The molecule has 26 heavy (non-hydrogen) atoms. The summed E-state index contributed by atoms with van der Waals surface area (Å²) < 4.78 is 0. The van der Waals surface area contributed by atoms with Gasteiger partial charge in [-0.05, 0) is 64.1 Å². The van der Waals surface area contributed by atoms with Crippen molar-refractivity contribution in [3.8, 4) is 0 Å². The van der Waals surface area contributed by atoms with Crippen LogP contribution in [0.2, 0.25) is 0 Å². The molecular weight excluding hydrogens is 344 g/mol. The quantitative estimate of drug-likeness (QED) is 0.829. The Kier molecular flexibility index (Phi) is 5.62. The Morgan fingerprint density at radius 3 is 3.00 bits per heavy atom. The summed E-state index contributed by atoms with van der Waals surface area (Å²) in [4.78, 5) is 20.1. The van der Waals surface area contributed by atoms with E-state index < -0.39 is 0 Å². The normalized spacial score (nSPS) is 30.3. The minimum absolute atomic E-state index is 0.110. The molecule has 3 fully saturated rings. The monoisotopic (exact) mass is 376 g/mol. The number of nitrogens with one attached hydrogen (secondary N) is 2. The summed E-state index contributed by atoms with van der Waals surface area (Å²) in [6.45, 7) is 8.05. The van der Waals surface area contributed by atoms with Gasteiger partial charge in [0.2, 0.25) is 5.91 Å². The smallest absolute Gasteiger partial charge is 0.227 e. The first-order valence-electron chi connectivity index (χ1n) is 10.3. The molecule has 3 heterocycles. The van der Waals surface area contributed by atoms with Crippen molar-refractivity contribution in [2.75, 3.05) is 32.7 Å². The van der Waals surface area contributed by atoms with Crippen molar-refractivity contribution in [1.82, 2.24) is 20.5 Å². The van der Waals surface area contributed by atoms with Gasteiger partial charge in [0.15, 0.2) is 0 Å². The van der Waals surface area contributed by atoms with Gasteiger partial charge in [-0.2, -0.15) is 0 Å². The second-order valence-corrected chi connectivity index (χ2v) is 9.58. The van der Waals surface area contributed by atoms with Crippen molar-refractivity contribution in [3.63, 3.8) is 0 Å². The maximum atomic E-state index is 13.0. The summed E-state index contributed by atoms with van der Waals surface area (Å²) in [6.07, 6.45) is 7.14. The molecule has 1 saturated carbocycles. The van der Waals surface area contributed by atoms with Gasteiger partial charge >= 0.3 is 0 Å². The van der Waals surface area contributed by atoms with E-state index in [4.69, 9.17) is 0 Å². The van der Waals surface area contributed by atoms with E-state index in [-0.39, 0.29) is 5.41 Å². The van der Waals surface area contributed by atoms with Crippen molar-refractivity contribution in [3.05, 3.63) is 16.1 Å². The fourth-order valence-corrected chi connectivity index (χ4v) is 5.77. The lowest BCUT2D eigenvalue weighted by Gasteiger charge is -2.38. The van der Waals surface area contributed by atoms with E-state index in [1.807, 2.05) is 0 Å². The molecule has 0 aromatic carbocycles. The third-order valence-corrected chi connectivity index (χ3v) is 7.62. The van der Waals surface area contributed by atoms with Crippen LogP contribution in [0.25, 0.3) is 0 Å².